The van der Waals surface area contributed by atoms with Gasteiger partial charge in [0.1, 0.15) is 31.9 Å². The van der Waals surface area contributed by atoms with Gasteiger partial charge in [0.25, 0.3) is 5.91 Å². The number of piperazine rings is 1. The number of ether oxygens (including phenoxy) is 1. The SMILES string of the molecule is O=C(C[NH+]1CC[NH+](CCc2ccccc2)CC1)Nc1ccc(OC(F)(F)F)cc1. The molecule has 0 aliphatic carbocycles. The van der Waals surface area contributed by atoms with Crippen LogP contribution in [0.15, 0.2) is 54.6 Å². The molecule has 1 amide bonds. The third kappa shape index (κ3) is 7.40. The van der Waals surface area contributed by atoms with Crippen molar-refractivity contribution < 1.29 is 32.5 Å². The quantitative estimate of drug-likeness (QED) is 0.626. The Labute approximate surface area is 168 Å². The Balaban J connectivity index is 1.37. The highest BCUT2D eigenvalue weighted by molar-refractivity contribution is 5.91. The zero-order valence-corrected chi connectivity index (χ0v) is 16.1. The van der Waals surface area contributed by atoms with Gasteiger partial charge in [0.05, 0.1) is 6.54 Å². The second-order valence-corrected chi connectivity index (χ2v) is 7.28. The lowest BCUT2D eigenvalue weighted by Gasteiger charge is -2.29. The molecule has 1 fully saturated rings. The third-order valence-corrected chi connectivity index (χ3v) is 5.06. The molecule has 0 unspecified atom stereocenters. The summed E-state index contributed by atoms with van der Waals surface area (Å²) in [5.74, 6) is -0.451. The van der Waals surface area contributed by atoms with Crippen molar-refractivity contribution in [1.29, 1.82) is 0 Å². The van der Waals surface area contributed by atoms with Crippen LogP contribution in [0.4, 0.5) is 18.9 Å². The zero-order chi connectivity index (χ0) is 20.7. The average Bonchev–Trinajstić information content (AvgIpc) is 2.69. The van der Waals surface area contributed by atoms with E-state index in [-0.39, 0.29) is 11.7 Å². The van der Waals surface area contributed by atoms with Crippen LogP contribution in [0, 0.1) is 0 Å². The van der Waals surface area contributed by atoms with Crippen molar-refractivity contribution in [2.45, 2.75) is 12.8 Å². The van der Waals surface area contributed by atoms with Crippen molar-refractivity contribution in [3.05, 3.63) is 60.2 Å². The van der Waals surface area contributed by atoms with Crippen molar-refractivity contribution in [3.63, 3.8) is 0 Å². The molecule has 1 heterocycles. The van der Waals surface area contributed by atoms with Crippen molar-refractivity contribution in [3.8, 4) is 5.75 Å². The van der Waals surface area contributed by atoms with Crippen molar-refractivity contribution >= 4 is 11.6 Å². The molecule has 0 radical (unpaired) electrons. The van der Waals surface area contributed by atoms with Crippen molar-refractivity contribution in [2.75, 3.05) is 44.6 Å². The number of carbonyl (C=O) groups excluding carboxylic acids is 1. The summed E-state index contributed by atoms with van der Waals surface area (Å²) < 4.78 is 40.4. The first kappa shape index (κ1) is 21.1. The van der Waals surface area contributed by atoms with Gasteiger partial charge in [-0.2, -0.15) is 0 Å². The molecule has 0 saturated carbocycles. The molecule has 2 aromatic carbocycles. The Kier molecular flexibility index (Phi) is 7.11. The van der Waals surface area contributed by atoms with E-state index in [0.717, 1.165) is 39.1 Å². The molecule has 8 heteroatoms. The number of nitrogens with one attached hydrogen (secondary N) is 3. The lowest BCUT2D eigenvalue weighted by atomic mass is 10.1. The Morgan fingerprint density at radius 1 is 0.931 bits per heavy atom. The molecule has 5 nitrogen and oxygen atoms in total. The van der Waals surface area contributed by atoms with Gasteiger partial charge in [0, 0.05) is 12.1 Å². The average molecular weight is 409 g/mol. The number of quaternary nitrogens is 2. The molecule has 0 atom stereocenters. The van der Waals surface area contributed by atoms with Gasteiger partial charge in [-0.25, -0.2) is 0 Å². The second-order valence-electron chi connectivity index (χ2n) is 7.28. The summed E-state index contributed by atoms with van der Waals surface area (Å²) in [5, 5.41) is 2.73. The van der Waals surface area contributed by atoms with Gasteiger partial charge in [-0.3, -0.25) is 4.79 Å². The van der Waals surface area contributed by atoms with Crippen LogP contribution in [0.2, 0.25) is 0 Å². The summed E-state index contributed by atoms with van der Waals surface area (Å²) >= 11 is 0. The van der Waals surface area contributed by atoms with Crippen LogP contribution in [0.3, 0.4) is 0 Å². The predicted molar refractivity (Wildman–Crippen MR) is 103 cm³/mol. The summed E-state index contributed by atoms with van der Waals surface area (Å²) in [7, 11) is 0. The van der Waals surface area contributed by atoms with Crippen LogP contribution in [0.1, 0.15) is 5.56 Å². The summed E-state index contributed by atoms with van der Waals surface area (Å²) in [4.78, 5) is 15.0. The molecule has 1 aliphatic heterocycles. The fourth-order valence-corrected chi connectivity index (χ4v) is 3.52. The van der Waals surface area contributed by atoms with E-state index in [1.165, 1.54) is 34.7 Å². The molecule has 1 aliphatic rings. The van der Waals surface area contributed by atoms with Crippen LogP contribution < -0.4 is 19.9 Å². The molecule has 0 spiro atoms. The minimum absolute atomic E-state index is 0.141. The first-order valence-electron chi connectivity index (χ1n) is 9.74. The van der Waals surface area contributed by atoms with E-state index >= 15 is 0 Å². The Hall–Kier alpha value is -2.58. The number of amides is 1. The maximum atomic E-state index is 12.2. The molecule has 3 rings (SSSR count). The van der Waals surface area contributed by atoms with Crippen LogP contribution >= 0.6 is 0 Å². The van der Waals surface area contributed by atoms with Gasteiger partial charge < -0.3 is 19.9 Å². The summed E-state index contributed by atoms with van der Waals surface area (Å²) in [6.45, 7) is 5.35. The normalized spacial score (nSPS) is 19.6. The number of alkyl halides is 3. The highest BCUT2D eigenvalue weighted by atomic mass is 19.4. The summed E-state index contributed by atoms with van der Waals surface area (Å²) in [5.41, 5.74) is 1.80. The van der Waals surface area contributed by atoms with Gasteiger partial charge in [0.2, 0.25) is 0 Å². The molecule has 0 bridgehead atoms. The molecule has 156 valence electrons. The second kappa shape index (κ2) is 9.76. The number of hydrogen-bond donors (Lipinski definition) is 3. The number of anilines is 1. The van der Waals surface area contributed by atoms with E-state index in [1.807, 2.05) is 6.07 Å². The van der Waals surface area contributed by atoms with E-state index in [2.05, 4.69) is 34.3 Å². The van der Waals surface area contributed by atoms with Crippen LogP contribution in [-0.4, -0.2) is 51.5 Å². The smallest absolute Gasteiger partial charge is 0.406 e. The minimum atomic E-state index is -4.72. The van der Waals surface area contributed by atoms with Crippen molar-refractivity contribution in [1.82, 2.24) is 0 Å². The Morgan fingerprint density at radius 2 is 1.55 bits per heavy atom. The Bertz CT molecular complexity index is 774. The molecule has 1 saturated heterocycles. The lowest BCUT2D eigenvalue weighted by molar-refractivity contribution is -1.01. The Morgan fingerprint density at radius 3 is 2.17 bits per heavy atom. The molecule has 2 aromatic rings. The molecule has 29 heavy (non-hydrogen) atoms. The molecular formula is C21H26F3N3O2+2. The lowest BCUT2D eigenvalue weighted by Crippen LogP contribution is -3.28. The zero-order valence-electron chi connectivity index (χ0n) is 16.1. The van der Waals surface area contributed by atoms with Gasteiger partial charge in [-0.05, 0) is 29.8 Å². The maximum absolute atomic E-state index is 12.2. The van der Waals surface area contributed by atoms with Crippen LogP contribution in [0.5, 0.6) is 5.75 Å². The summed E-state index contributed by atoms with van der Waals surface area (Å²) in [6, 6.07) is 15.6. The van der Waals surface area contributed by atoms with Gasteiger partial charge in [-0.1, -0.05) is 30.3 Å². The predicted octanol–water partition coefficient (Wildman–Crippen LogP) is 0.550. The first-order chi connectivity index (χ1) is 13.9. The molecule has 3 N–H and O–H groups in total. The van der Waals surface area contributed by atoms with Gasteiger partial charge >= 0.3 is 6.36 Å². The maximum Gasteiger partial charge on any atom is 0.573 e. The first-order valence-corrected chi connectivity index (χ1v) is 9.74. The monoisotopic (exact) mass is 409 g/mol. The van der Waals surface area contributed by atoms with E-state index < -0.39 is 6.36 Å². The van der Waals surface area contributed by atoms with Crippen molar-refractivity contribution in [2.24, 2.45) is 0 Å². The van der Waals surface area contributed by atoms with E-state index in [0.29, 0.717) is 12.2 Å². The van der Waals surface area contributed by atoms with Gasteiger partial charge in [-0.15, -0.1) is 13.2 Å². The largest absolute Gasteiger partial charge is 0.573 e. The minimum Gasteiger partial charge on any atom is -0.406 e. The molecular weight excluding hydrogens is 383 g/mol. The molecule has 0 aromatic heterocycles. The van der Waals surface area contributed by atoms with Crippen LogP contribution in [0.25, 0.3) is 0 Å². The van der Waals surface area contributed by atoms with Crippen LogP contribution in [-0.2, 0) is 11.2 Å². The summed E-state index contributed by atoms with van der Waals surface area (Å²) in [6.07, 6.45) is -3.67. The highest BCUT2D eigenvalue weighted by Gasteiger charge is 2.31. The van der Waals surface area contributed by atoms with E-state index in [9.17, 15) is 18.0 Å². The number of hydrogen-bond acceptors (Lipinski definition) is 2. The highest BCUT2D eigenvalue weighted by Crippen LogP contribution is 2.23. The fraction of sp³-hybridized carbons (Fsp3) is 0.381. The third-order valence-electron chi connectivity index (χ3n) is 5.06. The number of benzene rings is 2. The number of halogens is 3. The number of carbonyl (C=O) groups is 1. The van der Waals surface area contributed by atoms with E-state index in [4.69, 9.17) is 0 Å². The fourth-order valence-electron chi connectivity index (χ4n) is 3.52. The standard InChI is InChI=1S/C21H24F3N3O2/c22-21(23,24)29-19-8-6-18(7-9-19)25-20(28)16-27-14-12-26(13-15-27)11-10-17-4-2-1-3-5-17/h1-9H,10-16H2,(H,25,28)/p+2. The topological polar surface area (TPSA) is 47.2 Å². The number of rotatable bonds is 7. The van der Waals surface area contributed by atoms with E-state index in [1.54, 1.807) is 4.90 Å². The van der Waals surface area contributed by atoms with Gasteiger partial charge in [0.15, 0.2) is 6.54 Å².